The number of carbonyl (C=O) groups excluding carboxylic acids is 1. The molecule has 0 radical (unpaired) electrons. The third kappa shape index (κ3) is 4.24. The first kappa shape index (κ1) is 23.1. The van der Waals surface area contributed by atoms with Crippen molar-refractivity contribution >= 4 is 17.1 Å². The lowest BCUT2D eigenvalue weighted by molar-refractivity contribution is -0.133. The lowest BCUT2D eigenvalue weighted by Gasteiger charge is -2.36. The summed E-state index contributed by atoms with van der Waals surface area (Å²) in [4.78, 5) is 19.5. The standard InChI is InChI=1S/C29H34N6O/c1-20(2)34-10-8-23(18-34)21-3-5-22(6-4-21)25-16-28-27(7-9-31-35(28)19-25)32-11-13-33(14-12-32)29(36)26-15-24(26)17-30/h3-7,9,16,19-20,23-24,26H,8,10-15,18H2,1-2H3/t23-,24+,26-/m0/s1. The first-order chi connectivity index (χ1) is 17.5. The Balaban J connectivity index is 1.16. The zero-order valence-corrected chi connectivity index (χ0v) is 21.2. The molecule has 0 bridgehead atoms. The summed E-state index contributed by atoms with van der Waals surface area (Å²) in [6, 6.07) is 16.2. The SMILES string of the molecule is CC(C)N1CC[C@H](c2ccc(-c3cc4c(N5CCN(C(=O)[C@H]6C[C@@H]6C#N)CC5)ccnn4c3)cc2)C1. The highest BCUT2D eigenvalue weighted by Gasteiger charge is 2.45. The average Bonchev–Trinajstić information content (AvgIpc) is 3.30. The maximum absolute atomic E-state index is 12.6. The molecule has 3 atom stereocenters. The van der Waals surface area contributed by atoms with E-state index in [1.54, 1.807) is 0 Å². The first-order valence-corrected chi connectivity index (χ1v) is 13.3. The fraction of sp³-hybridized carbons (Fsp3) is 0.483. The minimum atomic E-state index is -0.0727. The van der Waals surface area contributed by atoms with Crippen LogP contribution >= 0.6 is 0 Å². The number of nitriles is 1. The van der Waals surface area contributed by atoms with E-state index in [2.05, 4.69) is 77.4 Å². The molecular weight excluding hydrogens is 448 g/mol. The number of piperazine rings is 1. The van der Waals surface area contributed by atoms with Crippen molar-refractivity contribution in [3.05, 3.63) is 54.4 Å². The minimum absolute atomic E-state index is 0.0726. The zero-order chi connectivity index (χ0) is 24.8. The van der Waals surface area contributed by atoms with Crippen molar-refractivity contribution in [2.45, 2.75) is 38.6 Å². The number of nitrogens with zero attached hydrogens (tertiary/aromatic N) is 6. The molecule has 3 aromatic rings. The molecule has 0 N–H and O–H groups in total. The molecule has 2 saturated heterocycles. The lowest BCUT2D eigenvalue weighted by Crippen LogP contribution is -2.49. The number of aromatic nitrogens is 2. The van der Waals surface area contributed by atoms with Gasteiger partial charge in [0.2, 0.25) is 5.91 Å². The molecule has 1 aliphatic carbocycles. The average molecular weight is 483 g/mol. The van der Waals surface area contributed by atoms with Crippen LogP contribution < -0.4 is 4.90 Å². The minimum Gasteiger partial charge on any atom is -0.366 e. The second kappa shape index (κ2) is 9.25. The molecule has 186 valence electrons. The summed E-state index contributed by atoms with van der Waals surface area (Å²) in [5.41, 5.74) is 6.05. The quantitative estimate of drug-likeness (QED) is 0.550. The topological polar surface area (TPSA) is 67.9 Å². The van der Waals surface area contributed by atoms with Gasteiger partial charge >= 0.3 is 0 Å². The molecule has 6 rings (SSSR count). The molecule has 4 heterocycles. The van der Waals surface area contributed by atoms with Crippen LogP contribution in [0.2, 0.25) is 0 Å². The third-order valence-corrected chi connectivity index (χ3v) is 8.36. The Bertz CT molecular complexity index is 1300. The summed E-state index contributed by atoms with van der Waals surface area (Å²) in [5, 5.41) is 13.6. The molecule has 0 unspecified atom stereocenters. The number of hydrogen-bond donors (Lipinski definition) is 0. The van der Waals surface area contributed by atoms with Crippen molar-refractivity contribution in [1.82, 2.24) is 19.4 Å². The van der Waals surface area contributed by atoms with Crippen molar-refractivity contribution in [2.24, 2.45) is 11.8 Å². The molecule has 2 aliphatic heterocycles. The van der Waals surface area contributed by atoms with Gasteiger partial charge in [0.1, 0.15) is 0 Å². The first-order valence-electron chi connectivity index (χ1n) is 13.3. The molecule has 0 spiro atoms. The van der Waals surface area contributed by atoms with Crippen LogP contribution in [0.25, 0.3) is 16.6 Å². The summed E-state index contributed by atoms with van der Waals surface area (Å²) in [7, 11) is 0. The normalized spacial score (nSPS) is 24.4. The van der Waals surface area contributed by atoms with E-state index in [4.69, 9.17) is 5.26 Å². The van der Waals surface area contributed by atoms with E-state index >= 15 is 0 Å². The molecule has 36 heavy (non-hydrogen) atoms. The van der Waals surface area contributed by atoms with Crippen LogP contribution in [-0.2, 0) is 4.79 Å². The zero-order valence-electron chi connectivity index (χ0n) is 21.2. The van der Waals surface area contributed by atoms with Gasteiger partial charge in [-0.3, -0.25) is 4.79 Å². The molecule has 3 fully saturated rings. The van der Waals surface area contributed by atoms with Gasteiger partial charge < -0.3 is 14.7 Å². The van der Waals surface area contributed by atoms with Gasteiger partial charge in [-0.25, -0.2) is 4.52 Å². The van der Waals surface area contributed by atoms with Gasteiger partial charge in [-0.05, 0) is 62.4 Å². The van der Waals surface area contributed by atoms with E-state index in [1.807, 2.05) is 15.6 Å². The van der Waals surface area contributed by atoms with Crippen molar-refractivity contribution < 1.29 is 4.79 Å². The van der Waals surface area contributed by atoms with Crippen molar-refractivity contribution in [3.63, 3.8) is 0 Å². The van der Waals surface area contributed by atoms with E-state index in [1.165, 1.54) is 29.7 Å². The largest absolute Gasteiger partial charge is 0.366 e. The van der Waals surface area contributed by atoms with Gasteiger partial charge in [-0.1, -0.05) is 24.3 Å². The van der Waals surface area contributed by atoms with Crippen LogP contribution in [0.3, 0.4) is 0 Å². The Hall–Kier alpha value is -3.37. The summed E-state index contributed by atoms with van der Waals surface area (Å²) in [5.74, 6) is 0.635. The van der Waals surface area contributed by atoms with Crippen LogP contribution in [-0.4, -0.2) is 70.6 Å². The molecule has 3 aliphatic rings. The summed E-state index contributed by atoms with van der Waals surface area (Å²) in [6.45, 7) is 9.89. The monoisotopic (exact) mass is 482 g/mol. The van der Waals surface area contributed by atoms with Gasteiger partial charge in [-0.2, -0.15) is 10.4 Å². The Kier molecular flexibility index (Phi) is 5.93. The van der Waals surface area contributed by atoms with Crippen LogP contribution in [0.1, 0.15) is 38.2 Å². The number of carbonyl (C=O) groups is 1. The predicted molar refractivity (Wildman–Crippen MR) is 141 cm³/mol. The third-order valence-electron chi connectivity index (χ3n) is 8.36. The summed E-state index contributed by atoms with van der Waals surface area (Å²) < 4.78 is 1.97. The lowest BCUT2D eigenvalue weighted by atomic mass is 9.96. The fourth-order valence-electron chi connectivity index (χ4n) is 5.91. The van der Waals surface area contributed by atoms with E-state index in [0.717, 1.165) is 37.3 Å². The number of likely N-dealkylation sites (tertiary alicyclic amines) is 1. The van der Waals surface area contributed by atoms with E-state index in [-0.39, 0.29) is 17.7 Å². The number of anilines is 1. The number of amides is 1. The smallest absolute Gasteiger partial charge is 0.227 e. The molecule has 7 nitrogen and oxygen atoms in total. The number of benzene rings is 1. The highest BCUT2D eigenvalue weighted by molar-refractivity contribution is 5.83. The molecule has 7 heteroatoms. The maximum atomic E-state index is 12.6. The Morgan fingerprint density at radius 1 is 1.06 bits per heavy atom. The van der Waals surface area contributed by atoms with E-state index in [9.17, 15) is 4.79 Å². The van der Waals surface area contributed by atoms with Crippen molar-refractivity contribution in [2.75, 3.05) is 44.2 Å². The Morgan fingerprint density at radius 3 is 2.50 bits per heavy atom. The second-order valence-electron chi connectivity index (χ2n) is 10.9. The van der Waals surface area contributed by atoms with Crippen molar-refractivity contribution in [3.8, 4) is 17.2 Å². The van der Waals surface area contributed by atoms with Gasteiger partial charge in [0.05, 0.1) is 29.1 Å². The second-order valence-corrected chi connectivity index (χ2v) is 10.9. The van der Waals surface area contributed by atoms with E-state index in [0.29, 0.717) is 25.0 Å². The number of fused-ring (bicyclic) bond motifs is 1. The fourth-order valence-corrected chi connectivity index (χ4v) is 5.91. The maximum Gasteiger partial charge on any atom is 0.227 e. The molecule has 1 saturated carbocycles. The highest BCUT2D eigenvalue weighted by atomic mass is 16.2. The van der Waals surface area contributed by atoms with Gasteiger partial charge in [-0.15, -0.1) is 0 Å². The van der Waals surface area contributed by atoms with Gasteiger partial charge in [0.25, 0.3) is 0 Å². The van der Waals surface area contributed by atoms with Gasteiger partial charge in [0, 0.05) is 56.7 Å². The Morgan fingerprint density at radius 2 is 1.83 bits per heavy atom. The molecule has 1 aromatic carbocycles. The van der Waals surface area contributed by atoms with E-state index < -0.39 is 0 Å². The van der Waals surface area contributed by atoms with Crippen LogP contribution in [0.4, 0.5) is 5.69 Å². The summed E-state index contributed by atoms with van der Waals surface area (Å²) in [6.07, 6.45) is 5.93. The van der Waals surface area contributed by atoms with Gasteiger partial charge in [0.15, 0.2) is 0 Å². The number of hydrogen-bond acceptors (Lipinski definition) is 5. The Labute approximate surface area is 212 Å². The van der Waals surface area contributed by atoms with Crippen molar-refractivity contribution in [1.29, 1.82) is 5.26 Å². The van der Waals surface area contributed by atoms with Crippen LogP contribution in [0.5, 0.6) is 0 Å². The molecule has 2 aromatic heterocycles. The predicted octanol–water partition coefficient (Wildman–Crippen LogP) is 4.01. The molecule has 1 amide bonds. The molecular formula is C29H34N6O. The number of rotatable bonds is 5. The van der Waals surface area contributed by atoms with Crippen LogP contribution in [0.15, 0.2) is 48.8 Å². The summed E-state index contributed by atoms with van der Waals surface area (Å²) >= 11 is 0. The van der Waals surface area contributed by atoms with Crippen LogP contribution in [0, 0.1) is 23.2 Å². The highest BCUT2D eigenvalue weighted by Crippen LogP contribution is 2.39.